The van der Waals surface area contributed by atoms with Gasteiger partial charge >= 0.3 is 0 Å². The molecule has 0 amide bonds. The molecular weight excluding hydrogens is 208 g/mol. The van der Waals surface area contributed by atoms with Crippen molar-refractivity contribution in [3.63, 3.8) is 0 Å². The summed E-state index contributed by atoms with van der Waals surface area (Å²) in [6, 6.07) is 4.22. The highest BCUT2D eigenvalue weighted by molar-refractivity contribution is 7.10. The van der Waals surface area contributed by atoms with Crippen LogP contribution in [0.2, 0.25) is 0 Å². The Bertz CT molecular complexity index is 352. The Hall–Kier alpha value is -1.05. The van der Waals surface area contributed by atoms with Gasteiger partial charge in [-0.05, 0) is 25.3 Å². The Morgan fingerprint density at radius 1 is 1.60 bits per heavy atom. The Balaban J connectivity index is 2.42. The first kappa shape index (κ1) is 12.0. The number of thiophene rings is 1. The highest BCUT2D eigenvalue weighted by Crippen LogP contribution is 2.24. The lowest BCUT2D eigenvalue weighted by molar-refractivity contribution is 0.405. The van der Waals surface area contributed by atoms with Gasteiger partial charge in [0.15, 0.2) is 0 Å². The van der Waals surface area contributed by atoms with Crippen LogP contribution in [0.4, 0.5) is 0 Å². The third-order valence-electron chi connectivity index (χ3n) is 2.08. The van der Waals surface area contributed by atoms with Gasteiger partial charge in [0.1, 0.15) is 5.75 Å². The number of hydrogen-bond acceptors (Lipinski definition) is 4. The number of methoxy groups -OCH3 is 1. The topological polar surface area (TPSA) is 45.0 Å². The zero-order valence-corrected chi connectivity index (χ0v) is 10.1. The summed E-state index contributed by atoms with van der Waals surface area (Å²) in [6.07, 6.45) is 0. The number of ether oxygens (including phenoxy) is 1. The van der Waals surface area contributed by atoms with Crippen LogP contribution in [0.15, 0.2) is 11.4 Å². The van der Waals surface area contributed by atoms with Crippen molar-refractivity contribution in [3.8, 4) is 11.8 Å². The van der Waals surface area contributed by atoms with Gasteiger partial charge in [0, 0.05) is 13.1 Å². The van der Waals surface area contributed by atoms with Crippen molar-refractivity contribution in [3.05, 3.63) is 16.3 Å². The molecule has 0 atom stereocenters. The van der Waals surface area contributed by atoms with Gasteiger partial charge in [-0.3, -0.25) is 0 Å². The largest absolute Gasteiger partial charge is 0.496 e. The van der Waals surface area contributed by atoms with Crippen molar-refractivity contribution in [1.29, 1.82) is 5.26 Å². The second-order valence-corrected chi connectivity index (χ2v) is 5.01. The minimum Gasteiger partial charge on any atom is -0.496 e. The molecule has 1 N–H and O–H groups in total. The van der Waals surface area contributed by atoms with E-state index in [0.717, 1.165) is 12.3 Å². The average Bonchev–Trinajstić information content (AvgIpc) is 2.65. The molecule has 0 aliphatic rings. The Kier molecular flexibility index (Phi) is 4.13. The van der Waals surface area contributed by atoms with Crippen LogP contribution < -0.4 is 10.1 Å². The maximum absolute atomic E-state index is 8.84. The van der Waals surface area contributed by atoms with Crippen LogP contribution in [0.25, 0.3) is 0 Å². The second-order valence-electron chi connectivity index (χ2n) is 4.01. The van der Waals surface area contributed by atoms with E-state index in [1.807, 2.05) is 25.3 Å². The molecule has 0 aliphatic heterocycles. The Labute approximate surface area is 94.7 Å². The third-order valence-corrected chi connectivity index (χ3v) is 2.98. The van der Waals surface area contributed by atoms with Crippen molar-refractivity contribution in [2.75, 3.05) is 13.7 Å². The highest BCUT2D eigenvalue weighted by atomic mass is 32.1. The second kappa shape index (κ2) is 5.15. The monoisotopic (exact) mass is 224 g/mol. The first-order chi connectivity index (χ1) is 7.09. The molecule has 0 saturated heterocycles. The molecule has 3 nitrogen and oxygen atoms in total. The van der Waals surface area contributed by atoms with E-state index in [0.29, 0.717) is 6.54 Å². The molecule has 15 heavy (non-hydrogen) atoms. The molecule has 4 heteroatoms. The van der Waals surface area contributed by atoms with E-state index in [9.17, 15) is 0 Å². The standard InChI is InChI=1S/C11H16N2OS/c1-11(2,7-12)8-13-6-10-9(14-3)4-5-15-10/h4-5,13H,6,8H2,1-3H3. The predicted molar refractivity (Wildman–Crippen MR) is 62.0 cm³/mol. The SMILES string of the molecule is COc1ccsc1CNCC(C)(C)C#N. The van der Waals surface area contributed by atoms with Crippen LogP contribution in [0, 0.1) is 16.7 Å². The lowest BCUT2D eigenvalue weighted by atomic mass is 9.96. The minimum atomic E-state index is -0.315. The van der Waals surface area contributed by atoms with Crippen LogP contribution in [-0.4, -0.2) is 13.7 Å². The molecule has 1 heterocycles. The molecule has 0 saturated carbocycles. The van der Waals surface area contributed by atoms with E-state index in [2.05, 4.69) is 11.4 Å². The molecule has 1 aromatic rings. The van der Waals surface area contributed by atoms with E-state index < -0.39 is 0 Å². The van der Waals surface area contributed by atoms with Gasteiger partial charge in [-0.15, -0.1) is 11.3 Å². The van der Waals surface area contributed by atoms with E-state index in [-0.39, 0.29) is 5.41 Å². The van der Waals surface area contributed by atoms with Crippen LogP contribution >= 0.6 is 11.3 Å². The molecule has 1 rings (SSSR count). The third kappa shape index (κ3) is 3.54. The molecule has 0 aromatic carbocycles. The number of rotatable bonds is 5. The van der Waals surface area contributed by atoms with Crippen LogP contribution in [0.3, 0.4) is 0 Å². The zero-order chi connectivity index (χ0) is 11.3. The molecular formula is C11H16N2OS. The number of nitriles is 1. The Morgan fingerprint density at radius 2 is 2.33 bits per heavy atom. The van der Waals surface area contributed by atoms with Crippen molar-refractivity contribution < 1.29 is 4.74 Å². The van der Waals surface area contributed by atoms with E-state index in [1.54, 1.807) is 18.4 Å². The summed E-state index contributed by atoms with van der Waals surface area (Å²) in [7, 11) is 1.67. The van der Waals surface area contributed by atoms with Crippen molar-refractivity contribution in [1.82, 2.24) is 5.32 Å². The lowest BCUT2D eigenvalue weighted by Crippen LogP contribution is -2.27. The summed E-state index contributed by atoms with van der Waals surface area (Å²) in [5, 5.41) is 14.1. The fourth-order valence-corrected chi connectivity index (χ4v) is 1.98. The molecule has 0 bridgehead atoms. The zero-order valence-electron chi connectivity index (χ0n) is 9.33. The maximum Gasteiger partial charge on any atom is 0.134 e. The molecule has 0 spiro atoms. The quantitative estimate of drug-likeness (QED) is 0.835. The van der Waals surface area contributed by atoms with Gasteiger partial charge in [-0.1, -0.05) is 0 Å². The Morgan fingerprint density at radius 3 is 2.93 bits per heavy atom. The number of nitrogens with zero attached hydrogens (tertiary/aromatic N) is 1. The normalized spacial score (nSPS) is 11.1. The van der Waals surface area contributed by atoms with Crippen LogP contribution in [0.1, 0.15) is 18.7 Å². The van der Waals surface area contributed by atoms with Gasteiger partial charge < -0.3 is 10.1 Å². The molecule has 0 aliphatic carbocycles. The summed E-state index contributed by atoms with van der Waals surface area (Å²) in [6.45, 7) is 5.29. The summed E-state index contributed by atoms with van der Waals surface area (Å²) >= 11 is 1.66. The average molecular weight is 224 g/mol. The van der Waals surface area contributed by atoms with Gasteiger partial charge in [-0.25, -0.2) is 0 Å². The molecule has 0 fully saturated rings. The molecule has 0 unspecified atom stereocenters. The first-order valence-corrected chi connectivity index (χ1v) is 5.69. The van der Waals surface area contributed by atoms with E-state index in [4.69, 9.17) is 10.00 Å². The number of hydrogen-bond donors (Lipinski definition) is 1. The minimum absolute atomic E-state index is 0.315. The van der Waals surface area contributed by atoms with E-state index >= 15 is 0 Å². The summed E-state index contributed by atoms with van der Waals surface area (Å²) < 4.78 is 5.20. The van der Waals surface area contributed by atoms with Crippen LogP contribution in [0.5, 0.6) is 5.75 Å². The molecule has 0 radical (unpaired) electrons. The van der Waals surface area contributed by atoms with Gasteiger partial charge in [0.2, 0.25) is 0 Å². The molecule has 1 aromatic heterocycles. The van der Waals surface area contributed by atoms with Gasteiger partial charge in [0.05, 0.1) is 23.5 Å². The summed E-state index contributed by atoms with van der Waals surface area (Å²) in [5.41, 5.74) is -0.315. The first-order valence-electron chi connectivity index (χ1n) is 4.81. The van der Waals surface area contributed by atoms with Gasteiger partial charge in [0.25, 0.3) is 0 Å². The fourth-order valence-electron chi connectivity index (χ4n) is 1.17. The lowest BCUT2D eigenvalue weighted by Gasteiger charge is -2.15. The fraction of sp³-hybridized carbons (Fsp3) is 0.545. The number of nitrogens with one attached hydrogen (secondary N) is 1. The van der Waals surface area contributed by atoms with Crippen molar-refractivity contribution in [2.45, 2.75) is 20.4 Å². The van der Waals surface area contributed by atoms with Crippen LogP contribution in [-0.2, 0) is 6.54 Å². The van der Waals surface area contributed by atoms with Crippen molar-refractivity contribution >= 4 is 11.3 Å². The van der Waals surface area contributed by atoms with E-state index in [1.165, 1.54) is 4.88 Å². The summed E-state index contributed by atoms with van der Waals surface area (Å²) in [5.74, 6) is 0.919. The molecule has 82 valence electrons. The van der Waals surface area contributed by atoms with Crippen molar-refractivity contribution in [2.24, 2.45) is 5.41 Å². The summed E-state index contributed by atoms with van der Waals surface area (Å²) in [4.78, 5) is 1.17. The highest BCUT2D eigenvalue weighted by Gasteiger charge is 2.16. The smallest absolute Gasteiger partial charge is 0.134 e. The maximum atomic E-state index is 8.84. The van der Waals surface area contributed by atoms with Gasteiger partial charge in [-0.2, -0.15) is 5.26 Å². The predicted octanol–water partition coefficient (Wildman–Crippen LogP) is 2.40.